The molecule has 2 aromatic heterocycles. The first-order chi connectivity index (χ1) is 9.70. The van der Waals surface area contributed by atoms with Gasteiger partial charge in [-0.3, -0.25) is 4.79 Å². The predicted octanol–water partition coefficient (Wildman–Crippen LogP) is 2.06. The summed E-state index contributed by atoms with van der Waals surface area (Å²) in [5.74, 6) is -0.527. The monoisotopic (exact) mass is 309 g/mol. The van der Waals surface area contributed by atoms with Crippen molar-refractivity contribution in [1.82, 2.24) is 9.97 Å². The fourth-order valence-corrected chi connectivity index (χ4v) is 2.70. The molecule has 20 heavy (non-hydrogen) atoms. The number of anilines is 1. The molecule has 0 aromatic carbocycles. The lowest BCUT2D eigenvalue weighted by molar-refractivity contribution is -0.113. The molecule has 8 heteroatoms. The Morgan fingerprint density at radius 2 is 2.15 bits per heavy atom. The molecule has 0 radical (unpaired) electrons. The van der Waals surface area contributed by atoms with E-state index in [4.69, 9.17) is 0 Å². The van der Waals surface area contributed by atoms with Gasteiger partial charge in [0.2, 0.25) is 5.91 Å². The molecule has 0 aliphatic heterocycles. The first kappa shape index (κ1) is 14.5. The second-order valence-corrected chi connectivity index (χ2v) is 5.38. The minimum atomic E-state index is -0.464. The van der Waals surface area contributed by atoms with Gasteiger partial charge in [-0.2, -0.15) is 0 Å². The molecule has 1 amide bonds. The summed E-state index contributed by atoms with van der Waals surface area (Å²) in [5.41, 5.74) is 0.460. The molecule has 2 rings (SSSR count). The van der Waals surface area contributed by atoms with Gasteiger partial charge in [0.25, 0.3) is 0 Å². The Bertz CT molecular complexity index is 601. The molecule has 0 bridgehead atoms. The largest absolute Gasteiger partial charge is 0.465 e. The number of aromatic nitrogens is 2. The highest BCUT2D eigenvalue weighted by atomic mass is 32.2. The maximum absolute atomic E-state index is 11.8. The summed E-state index contributed by atoms with van der Waals surface area (Å²) in [7, 11) is 1.30. The molecular formula is C12H11N3O3S2. The molecule has 0 spiro atoms. The van der Waals surface area contributed by atoms with E-state index >= 15 is 0 Å². The van der Waals surface area contributed by atoms with Crippen LogP contribution in [0.5, 0.6) is 0 Å². The number of amides is 1. The van der Waals surface area contributed by atoms with Crippen molar-refractivity contribution in [3.05, 3.63) is 34.8 Å². The summed E-state index contributed by atoms with van der Waals surface area (Å²) in [6.45, 7) is 0. The van der Waals surface area contributed by atoms with Crippen LogP contribution in [0.1, 0.15) is 9.67 Å². The minimum Gasteiger partial charge on any atom is -0.465 e. The SMILES string of the molecule is COC(=O)c1sccc1NC(=O)CSc1ncccn1. The molecule has 2 aromatic rings. The molecule has 0 fully saturated rings. The van der Waals surface area contributed by atoms with Crippen LogP contribution in [0.2, 0.25) is 0 Å². The summed E-state index contributed by atoms with van der Waals surface area (Å²) in [6.07, 6.45) is 3.23. The van der Waals surface area contributed by atoms with Gasteiger partial charge in [-0.05, 0) is 17.5 Å². The van der Waals surface area contributed by atoms with Crippen LogP contribution in [0.4, 0.5) is 5.69 Å². The Kier molecular flexibility index (Phi) is 5.08. The number of nitrogens with zero attached hydrogens (tertiary/aromatic N) is 2. The number of thioether (sulfide) groups is 1. The van der Waals surface area contributed by atoms with E-state index in [-0.39, 0.29) is 11.7 Å². The Labute approximate surface area is 123 Å². The van der Waals surface area contributed by atoms with E-state index in [9.17, 15) is 9.59 Å². The van der Waals surface area contributed by atoms with Crippen molar-refractivity contribution < 1.29 is 14.3 Å². The number of carbonyl (C=O) groups excluding carboxylic acids is 2. The third kappa shape index (κ3) is 3.78. The van der Waals surface area contributed by atoms with E-state index in [1.165, 1.54) is 30.2 Å². The van der Waals surface area contributed by atoms with Crippen LogP contribution in [0, 0.1) is 0 Å². The van der Waals surface area contributed by atoms with Gasteiger partial charge in [0, 0.05) is 12.4 Å². The number of ether oxygens (including phenoxy) is 1. The Balaban J connectivity index is 1.92. The van der Waals surface area contributed by atoms with Gasteiger partial charge in [0.1, 0.15) is 4.88 Å². The van der Waals surface area contributed by atoms with E-state index in [1.807, 2.05) is 0 Å². The van der Waals surface area contributed by atoms with Crippen LogP contribution >= 0.6 is 23.1 Å². The van der Waals surface area contributed by atoms with Crippen molar-refractivity contribution in [1.29, 1.82) is 0 Å². The number of hydrogen-bond acceptors (Lipinski definition) is 7. The topological polar surface area (TPSA) is 81.2 Å². The second kappa shape index (κ2) is 7.01. The van der Waals surface area contributed by atoms with Crippen LogP contribution in [-0.4, -0.2) is 34.7 Å². The van der Waals surface area contributed by atoms with Crippen molar-refractivity contribution in [2.45, 2.75) is 5.16 Å². The van der Waals surface area contributed by atoms with E-state index in [0.29, 0.717) is 15.7 Å². The van der Waals surface area contributed by atoms with E-state index in [0.717, 1.165) is 0 Å². The predicted molar refractivity (Wildman–Crippen MR) is 77.0 cm³/mol. The number of nitrogens with one attached hydrogen (secondary N) is 1. The molecule has 6 nitrogen and oxygen atoms in total. The zero-order chi connectivity index (χ0) is 14.4. The highest BCUT2D eigenvalue weighted by Crippen LogP contribution is 2.23. The van der Waals surface area contributed by atoms with Crippen LogP contribution in [-0.2, 0) is 9.53 Å². The van der Waals surface area contributed by atoms with Gasteiger partial charge in [0.05, 0.1) is 18.6 Å². The number of thiophene rings is 1. The maximum atomic E-state index is 11.8. The van der Waals surface area contributed by atoms with Gasteiger partial charge in [-0.15, -0.1) is 11.3 Å². The third-order valence-electron chi connectivity index (χ3n) is 2.18. The zero-order valence-corrected chi connectivity index (χ0v) is 12.2. The molecule has 1 N–H and O–H groups in total. The highest BCUT2D eigenvalue weighted by Gasteiger charge is 2.15. The molecule has 0 saturated carbocycles. The summed E-state index contributed by atoms with van der Waals surface area (Å²) >= 11 is 2.44. The van der Waals surface area contributed by atoms with Crippen molar-refractivity contribution in [3.8, 4) is 0 Å². The van der Waals surface area contributed by atoms with Crippen LogP contribution < -0.4 is 5.32 Å². The molecule has 0 saturated heterocycles. The summed E-state index contributed by atoms with van der Waals surface area (Å²) in [4.78, 5) is 31.7. The minimum absolute atomic E-state index is 0.167. The molecule has 0 unspecified atom stereocenters. The first-order valence-electron chi connectivity index (χ1n) is 5.56. The van der Waals surface area contributed by atoms with Crippen LogP contribution in [0.15, 0.2) is 35.1 Å². The van der Waals surface area contributed by atoms with Gasteiger partial charge in [-0.25, -0.2) is 14.8 Å². The first-order valence-corrected chi connectivity index (χ1v) is 7.42. The van der Waals surface area contributed by atoms with Crippen LogP contribution in [0.3, 0.4) is 0 Å². The van der Waals surface area contributed by atoms with Crippen molar-refractivity contribution in [2.75, 3.05) is 18.2 Å². The van der Waals surface area contributed by atoms with E-state index in [1.54, 1.807) is 29.9 Å². The maximum Gasteiger partial charge on any atom is 0.350 e. The molecular weight excluding hydrogens is 298 g/mol. The van der Waals surface area contributed by atoms with E-state index in [2.05, 4.69) is 20.0 Å². The van der Waals surface area contributed by atoms with Gasteiger partial charge in [-0.1, -0.05) is 11.8 Å². The molecule has 0 atom stereocenters. The molecule has 104 valence electrons. The van der Waals surface area contributed by atoms with Crippen molar-refractivity contribution in [2.24, 2.45) is 0 Å². The number of rotatable bonds is 5. The van der Waals surface area contributed by atoms with Crippen LogP contribution in [0.25, 0.3) is 0 Å². The second-order valence-electron chi connectivity index (χ2n) is 3.52. The standard InChI is InChI=1S/C12H11N3O3S2/c1-18-11(17)10-8(3-6-19-10)15-9(16)7-20-12-13-4-2-5-14-12/h2-6H,7H2,1H3,(H,15,16). The lowest BCUT2D eigenvalue weighted by atomic mass is 10.4. The summed E-state index contributed by atoms with van der Waals surface area (Å²) in [6, 6.07) is 3.37. The Morgan fingerprint density at radius 3 is 2.85 bits per heavy atom. The highest BCUT2D eigenvalue weighted by molar-refractivity contribution is 7.99. The lowest BCUT2D eigenvalue weighted by Gasteiger charge is -2.04. The molecule has 2 heterocycles. The lowest BCUT2D eigenvalue weighted by Crippen LogP contribution is -2.16. The van der Waals surface area contributed by atoms with Crippen molar-refractivity contribution >= 4 is 40.7 Å². The quantitative estimate of drug-likeness (QED) is 0.517. The number of esters is 1. The fourth-order valence-electron chi connectivity index (χ4n) is 1.33. The number of methoxy groups -OCH3 is 1. The molecule has 0 aliphatic rings. The van der Waals surface area contributed by atoms with Gasteiger partial charge in [0.15, 0.2) is 5.16 Å². The summed E-state index contributed by atoms with van der Waals surface area (Å²) < 4.78 is 4.64. The average Bonchev–Trinajstić information content (AvgIpc) is 2.93. The zero-order valence-electron chi connectivity index (χ0n) is 10.5. The number of hydrogen-bond donors (Lipinski definition) is 1. The number of carbonyl (C=O) groups is 2. The smallest absolute Gasteiger partial charge is 0.350 e. The third-order valence-corrected chi connectivity index (χ3v) is 3.95. The average molecular weight is 309 g/mol. The van der Waals surface area contributed by atoms with Crippen molar-refractivity contribution in [3.63, 3.8) is 0 Å². The Morgan fingerprint density at radius 1 is 1.40 bits per heavy atom. The summed E-state index contributed by atoms with van der Waals surface area (Å²) in [5, 5.41) is 4.92. The fraction of sp³-hybridized carbons (Fsp3) is 0.167. The Hall–Kier alpha value is -1.93. The van der Waals surface area contributed by atoms with Gasteiger partial charge >= 0.3 is 5.97 Å². The van der Waals surface area contributed by atoms with E-state index < -0.39 is 5.97 Å². The normalized spacial score (nSPS) is 10.1. The molecule has 0 aliphatic carbocycles. The van der Waals surface area contributed by atoms with Gasteiger partial charge < -0.3 is 10.1 Å².